The monoisotopic (exact) mass is 293 g/mol. The average molecular weight is 293 g/mol. The van der Waals surface area contributed by atoms with Crippen molar-refractivity contribution in [2.24, 2.45) is 11.3 Å². The van der Waals surface area contributed by atoms with Crippen LogP contribution in [0, 0.1) is 17.2 Å². The van der Waals surface area contributed by atoms with Crippen molar-refractivity contribution in [2.45, 2.75) is 59.2 Å². The summed E-state index contributed by atoms with van der Waals surface area (Å²) in [4.78, 5) is 0. The molecule has 2 unspecified atom stereocenters. The molecule has 1 aromatic carbocycles. The van der Waals surface area contributed by atoms with Crippen LogP contribution in [-0.4, -0.2) is 18.8 Å². The van der Waals surface area contributed by atoms with Gasteiger partial charge in [-0.25, -0.2) is 4.39 Å². The Morgan fingerprint density at radius 1 is 1.29 bits per heavy atom. The van der Waals surface area contributed by atoms with E-state index in [4.69, 9.17) is 4.74 Å². The Morgan fingerprint density at radius 2 is 1.95 bits per heavy atom. The summed E-state index contributed by atoms with van der Waals surface area (Å²) in [6.45, 7) is 11.6. The first kappa shape index (κ1) is 16.4. The lowest BCUT2D eigenvalue weighted by Crippen LogP contribution is -2.61. The second-order valence-electron chi connectivity index (χ2n) is 7.24. The van der Waals surface area contributed by atoms with Gasteiger partial charge in [-0.1, -0.05) is 45.9 Å². The zero-order valence-corrected chi connectivity index (χ0v) is 13.8. The van der Waals surface area contributed by atoms with Crippen LogP contribution in [0.1, 0.15) is 52.6 Å². The summed E-state index contributed by atoms with van der Waals surface area (Å²) in [7, 11) is 0. The topological polar surface area (TPSA) is 21.3 Å². The summed E-state index contributed by atoms with van der Waals surface area (Å²) in [5.74, 6) is 0.424. The van der Waals surface area contributed by atoms with Gasteiger partial charge in [-0.3, -0.25) is 0 Å². The number of nitrogens with one attached hydrogen (secondary N) is 1. The molecule has 0 amide bonds. The van der Waals surface area contributed by atoms with Gasteiger partial charge in [-0.2, -0.15) is 0 Å². The molecule has 0 bridgehead atoms. The van der Waals surface area contributed by atoms with Crippen LogP contribution in [-0.2, 0) is 4.74 Å². The Balaban J connectivity index is 1.92. The van der Waals surface area contributed by atoms with Crippen molar-refractivity contribution in [3.05, 3.63) is 35.6 Å². The minimum absolute atomic E-state index is 0.0153. The number of hydrogen-bond donors (Lipinski definition) is 1. The molecule has 3 heteroatoms. The predicted molar refractivity (Wildman–Crippen MR) is 84.7 cm³/mol. The van der Waals surface area contributed by atoms with Crippen LogP contribution in [0.3, 0.4) is 0 Å². The highest BCUT2D eigenvalue weighted by Crippen LogP contribution is 2.44. The molecular formula is C18H28FNO. The molecule has 1 aromatic rings. The van der Waals surface area contributed by atoms with Crippen LogP contribution in [0.2, 0.25) is 0 Å². The zero-order chi connectivity index (χ0) is 15.6. The van der Waals surface area contributed by atoms with E-state index in [-0.39, 0.29) is 17.3 Å². The molecule has 1 aliphatic carbocycles. The summed E-state index contributed by atoms with van der Waals surface area (Å²) < 4.78 is 19.8. The lowest BCUT2D eigenvalue weighted by atomic mass is 9.64. The second-order valence-corrected chi connectivity index (χ2v) is 7.24. The standard InChI is InChI=1S/C18H28FNO/c1-12(2)11-21-17-10-16(18(17,4)5)20-13(3)14-8-6-7-9-15(14)19/h6-9,12-13,16-17,20H,10-11H2,1-5H3/t13-,16?,17?/m1/s1. The molecule has 118 valence electrons. The minimum atomic E-state index is -0.137. The number of benzene rings is 1. The summed E-state index contributed by atoms with van der Waals surface area (Å²) in [5, 5.41) is 3.56. The number of ether oxygens (including phenoxy) is 1. The maximum atomic E-state index is 13.8. The van der Waals surface area contributed by atoms with Gasteiger partial charge in [0.25, 0.3) is 0 Å². The van der Waals surface area contributed by atoms with Crippen molar-refractivity contribution in [2.75, 3.05) is 6.61 Å². The summed E-state index contributed by atoms with van der Waals surface area (Å²) >= 11 is 0. The molecule has 2 nitrogen and oxygen atoms in total. The highest BCUT2D eigenvalue weighted by Gasteiger charge is 2.49. The van der Waals surface area contributed by atoms with Gasteiger partial charge in [0.05, 0.1) is 6.10 Å². The Bertz CT molecular complexity index is 472. The lowest BCUT2D eigenvalue weighted by molar-refractivity contribution is -0.125. The SMILES string of the molecule is CC(C)COC1CC(N[C@H](C)c2ccccc2F)C1(C)C. The van der Waals surface area contributed by atoms with E-state index in [0.29, 0.717) is 18.1 Å². The molecule has 1 aliphatic rings. The summed E-state index contributed by atoms with van der Waals surface area (Å²) in [6.07, 6.45) is 1.30. The normalized spacial score (nSPS) is 25.7. The third kappa shape index (κ3) is 3.64. The number of halogens is 1. The molecule has 0 aliphatic heterocycles. The molecule has 1 saturated carbocycles. The van der Waals surface area contributed by atoms with Gasteiger partial charge >= 0.3 is 0 Å². The van der Waals surface area contributed by atoms with Crippen LogP contribution in [0.4, 0.5) is 4.39 Å². The van der Waals surface area contributed by atoms with Crippen molar-refractivity contribution < 1.29 is 9.13 Å². The molecule has 3 atom stereocenters. The van der Waals surface area contributed by atoms with Crippen LogP contribution in [0.25, 0.3) is 0 Å². The van der Waals surface area contributed by atoms with E-state index in [9.17, 15) is 4.39 Å². The van der Waals surface area contributed by atoms with E-state index in [1.54, 1.807) is 6.07 Å². The highest BCUT2D eigenvalue weighted by molar-refractivity contribution is 5.21. The average Bonchev–Trinajstić information content (AvgIpc) is 2.41. The lowest BCUT2D eigenvalue weighted by Gasteiger charge is -2.53. The first-order chi connectivity index (χ1) is 9.82. The third-order valence-electron chi connectivity index (χ3n) is 4.63. The summed E-state index contributed by atoms with van der Waals surface area (Å²) in [6, 6.07) is 7.37. The Kier molecular flexibility index (Phi) is 5.05. The quantitative estimate of drug-likeness (QED) is 0.843. The van der Waals surface area contributed by atoms with E-state index >= 15 is 0 Å². The van der Waals surface area contributed by atoms with Crippen molar-refractivity contribution in [3.63, 3.8) is 0 Å². The van der Waals surface area contributed by atoms with Gasteiger partial charge < -0.3 is 10.1 Å². The van der Waals surface area contributed by atoms with E-state index in [1.165, 1.54) is 6.07 Å². The van der Waals surface area contributed by atoms with E-state index < -0.39 is 0 Å². The van der Waals surface area contributed by atoms with Gasteiger partial charge in [0.15, 0.2) is 0 Å². The molecule has 0 radical (unpaired) electrons. The largest absolute Gasteiger partial charge is 0.377 e. The Hall–Kier alpha value is -0.930. The van der Waals surface area contributed by atoms with Crippen LogP contribution >= 0.6 is 0 Å². The molecule has 0 spiro atoms. The first-order valence-electron chi connectivity index (χ1n) is 7.94. The van der Waals surface area contributed by atoms with E-state index in [1.807, 2.05) is 19.1 Å². The van der Waals surface area contributed by atoms with Gasteiger partial charge in [-0.15, -0.1) is 0 Å². The Morgan fingerprint density at radius 3 is 2.52 bits per heavy atom. The molecule has 1 fully saturated rings. The van der Waals surface area contributed by atoms with Crippen molar-refractivity contribution in [1.29, 1.82) is 0 Å². The van der Waals surface area contributed by atoms with Crippen LogP contribution in [0.5, 0.6) is 0 Å². The van der Waals surface area contributed by atoms with Crippen molar-refractivity contribution in [3.8, 4) is 0 Å². The fraction of sp³-hybridized carbons (Fsp3) is 0.667. The second kappa shape index (κ2) is 6.45. The number of rotatable bonds is 6. The Labute approximate surface area is 128 Å². The van der Waals surface area contributed by atoms with Crippen LogP contribution < -0.4 is 5.32 Å². The van der Waals surface area contributed by atoms with E-state index in [2.05, 4.69) is 33.0 Å². The van der Waals surface area contributed by atoms with Gasteiger partial charge in [0, 0.05) is 29.7 Å². The molecule has 1 N–H and O–H groups in total. The molecule has 2 rings (SSSR count). The van der Waals surface area contributed by atoms with Gasteiger partial charge in [0.1, 0.15) is 5.82 Å². The van der Waals surface area contributed by atoms with Gasteiger partial charge in [0.2, 0.25) is 0 Å². The molecule has 0 saturated heterocycles. The summed E-state index contributed by atoms with van der Waals surface area (Å²) in [5.41, 5.74) is 0.828. The molecule has 0 heterocycles. The van der Waals surface area contributed by atoms with Crippen LogP contribution in [0.15, 0.2) is 24.3 Å². The predicted octanol–water partition coefficient (Wildman–Crippen LogP) is 4.32. The fourth-order valence-corrected chi connectivity index (χ4v) is 2.98. The van der Waals surface area contributed by atoms with Crippen molar-refractivity contribution in [1.82, 2.24) is 5.32 Å². The molecule has 21 heavy (non-hydrogen) atoms. The minimum Gasteiger partial charge on any atom is -0.377 e. The maximum Gasteiger partial charge on any atom is 0.127 e. The third-order valence-corrected chi connectivity index (χ3v) is 4.63. The highest BCUT2D eigenvalue weighted by atomic mass is 19.1. The molecular weight excluding hydrogens is 265 g/mol. The smallest absolute Gasteiger partial charge is 0.127 e. The van der Waals surface area contributed by atoms with Gasteiger partial charge in [-0.05, 0) is 25.3 Å². The molecule has 0 aromatic heterocycles. The number of hydrogen-bond acceptors (Lipinski definition) is 2. The maximum absolute atomic E-state index is 13.8. The first-order valence-corrected chi connectivity index (χ1v) is 7.94. The fourth-order valence-electron chi connectivity index (χ4n) is 2.98. The van der Waals surface area contributed by atoms with Crippen molar-refractivity contribution >= 4 is 0 Å². The zero-order valence-electron chi connectivity index (χ0n) is 13.8. The van der Waals surface area contributed by atoms with E-state index in [0.717, 1.165) is 18.6 Å².